The van der Waals surface area contributed by atoms with Gasteiger partial charge in [-0.2, -0.15) is 0 Å². The van der Waals surface area contributed by atoms with Crippen LogP contribution in [0.3, 0.4) is 0 Å². The number of rotatable bonds is 8. The summed E-state index contributed by atoms with van der Waals surface area (Å²) < 4.78 is 68.0. The number of carbonyl (C=O) groups is 2. The molecular weight excluding hydrogens is 679 g/mol. The van der Waals surface area contributed by atoms with E-state index in [1.165, 1.54) is 27.9 Å². The van der Waals surface area contributed by atoms with E-state index in [9.17, 15) is 30.0 Å². The molecule has 14 nitrogen and oxygen atoms in total. The molecule has 18 atom stereocenters. The molecule has 0 bridgehead atoms. The summed E-state index contributed by atoms with van der Waals surface area (Å²) in [6.45, 7) is 15.9. The molecule has 0 aliphatic carbocycles. The van der Waals surface area contributed by atoms with Gasteiger partial charge in [0.2, 0.25) is 0 Å². The lowest BCUT2D eigenvalue weighted by Gasteiger charge is -2.50. The van der Waals surface area contributed by atoms with Gasteiger partial charge >= 0.3 is 5.97 Å². The van der Waals surface area contributed by atoms with E-state index in [-0.39, 0.29) is 25.4 Å². The fourth-order valence-corrected chi connectivity index (χ4v) is 8.49. The number of likely N-dealkylation sites (N-methyl/N-ethyl adjacent to an activating group) is 1. The van der Waals surface area contributed by atoms with Crippen molar-refractivity contribution in [1.82, 2.24) is 4.90 Å². The van der Waals surface area contributed by atoms with Crippen molar-refractivity contribution in [3.63, 3.8) is 0 Å². The molecule has 0 saturated carbocycles. The van der Waals surface area contributed by atoms with Crippen LogP contribution in [-0.4, -0.2) is 150 Å². The highest BCUT2D eigenvalue weighted by Crippen LogP contribution is 2.41. The summed E-state index contributed by atoms with van der Waals surface area (Å²) in [4.78, 5) is 30.2. The zero-order valence-electron chi connectivity index (χ0n) is 36.4. The maximum atomic E-state index is 14.2. The van der Waals surface area contributed by atoms with Crippen molar-refractivity contribution in [2.45, 2.75) is 179 Å². The molecule has 304 valence electrons. The molecule has 3 rings (SSSR count). The van der Waals surface area contributed by atoms with Crippen LogP contribution in [0.4, 0.5) is 0 Å². The second kappa shape index (κ2) is 17.7. The van der Waals surface area contributed by atoms with Crippen molar-refractivity contribution in [3.8, 4) is 0 Å². The number of aliphatic hydroxyl groups excluding tert-OH is 3. The van der Waals surface area contributed by atoms with Crippen LogP contribution < -0.4 is 0 Å². The standard InChI is InChI=1S/C38H69NO13/c1-15-26-38(10,45)31(42)21(4)28(40)19(2)17-37(9,47-14)33(52-35-29(41)25(39(11)12)16-20(3)48-35)22(5)30(23(6)34(44)50-26)51-27-18-36(8,46-13)32(43)24(7)49-27/h19-27,29-33,35,41-43,45H,15-18H2,1-14H3/t19-,20?,21+,22+,23-,24?,25?,26-,27?,29?,30+,31-,32?,33-,35?,36?,37-,38-/m1/s1/i14+1D3. The van der Waals surface area contributed by atoms with Gasteiger partial charge in [0.1, 0.15) is 29.7 Å². The van der Waals surface area contributed by atoms with Crippen LogP contribution in [0.2, 0.25) is 0 Å². The number of hydrogen-bond donors (Lipinski definition) is 4. The maximum absolute atomic E-state index is 14.2. The minimum absolute atomic E-state index is 0.0307. The molecule has 52 heavy (non-hydrogen) atoms. The first-order chi connectivity index (χ1) is 25.1. The molecule has 14 heteroatoms. The first-order valence-electron chi connectivity index (χ1n) is 20.2. The molecule has 0 radical (unpaired) electrons. The fraction of sp³-hybridized carbons (Fsp3) is 0.947. The van der Waals surface area contributed by atoms with Gasteiger partial charge in [0.25, 0.3) is 0 Å². The van der Waals surface area contributed by atoms with Crippen molar-refractivity contribution in [2.75, 3.05) is 28.2 Å². The highest BCUT2D eigenvalue weighted by molar-refractivity contribution is 5.83. The van der Waals surface area contributed by atoms with Crippen LogP contribution in [0.15, 0.2) is 0 Å². The Kier molecular flexibility index (Phi) is 13.7. The van der Waals surface area contributed by atoms with Crippen molar-refractivity contribution >= 4 is 11.8 Å². The van der Waals surface area contributed by atoms with Gasteiger partial charge in [-0.15, -0.1) is 0 Å². The summed E-state index contributed by atoms with van der Waals surface area (Å²) in [7, 11) is 2.05. The molecule has 3 aliphatic rings. The van der Waals surface area contributed by atoms with Gasteiger partial charge in [-0.3, -0.25) is 9.59 Å². The lowest BCUT2D eigenvalue weighted by Crippen LogP contribution is -2.61. The van der Waals surface area contributed by atoms with E-state index in [4.69, 9.17) is 37.3 Å². The lowest BCUT2D eigenvalue weighted by molar-refractivity contribution is -0.319. The number of aliphatic hydroxyl groups is 4. The highest BCUT2D eigenvalue weighted by atomic mass is 16.7. The third kappa shape index (κ3) is 9.38. The largest absolute Gasteiger partial charge is 0.459 e. The summed E-state index contributed by atoms with van der Waals surface area (Å²) in [6, 6.07) is -0.407. The molecule has 8 unspecified atom stereocenters. The van der Waals surface area contributed by atoms with Gasteiger partial charge in [-0.1, -0.05) is 27.7 Å². The number of methoxy groups -OCH3 is 2. The Morgan fingerprint density at radius 1 is 0.904 bits per heavy atom. The smallest absolute Gasteiger partial charge is 0.311 e. The summed E-state index contributed by atoms with van der Waals surface area (Å²) in [5.41, 5.74) is -5.05. The van der Waals surface area contributed by atoms with E-state index in [2.05, 4.69) is 0 Å². The van der Waals surface area contributed by atoms with E-state index < -0.39 is 121 Å². The first-order valence-corrected chi connectivity index (χ1v) is 18.7. The topological polar surface area (TPSA) is 183 Å². The Labute approximate surface area is 314 Å². The third-order valence-corrected chi connectivity index (χ3v) is 12.0. The summed E-state index contributed by atoms with van der Waals surface area (Å²) >= 11 is 0. The lowest BCUT2D eigenvalue weighted by atomic mass is 9.74. The number of carbonyl (C=O) groups excluding carboxylic acids is 2. The Bertz CT molecular complexity index is 1290. The van der Waals surface area contributed by atoms with Gasteiger partial charge in [-0.25, -0.2) is 0 Å². The van der Waals surface area contributed by atoms with E-state index >= 15 is 0 Å². The number of esters is 1. The number of Topliss-reactive ketones (excluding diaryl/α,β-unsaturated/α-hetero) is 1. The van der Waals surface area contributed by atoms with E-state index in [0.717, 1.165) is 0 Å². The molecule has 0 aromatic carbocycles. The summed E-state index contributed by atoms with van der Waals surface area (Å²) in [5.74, 6) is -5.63. The van der Waals surface area contributed by atoms with Gasteiger partial charge in [0.15, 0.2) is 12.6 Å². The molecule has 0 aromatic rings. The van der Waals surface area contributed by atoms with Crippen LogP contribution in [-0.2, 0) is 42.7 Å². The van der Waals surface area contributed by atoms with Crippen LogP contribution in [0.25, 0.3) is 0 Å². The predicted octanol–water partition coefficient (Wildman–Crippen LogP) is 2.44. The van der Waals surface area contributed by atoms with E-state index in [1.54, 1.807) is 41.5 Å². The van der Waals surface area contributed by atoms with Crippen molar-refractivity contribution < 1.29 is 67.3 Å². The Balaban J connectivity index is 2.31. The summed E-state index contributed by atoms with van der Waals surface area (Å²) in [6.07, 6.45) is -10.9. The molecule has 3 fully saturated rings. The van der Waals surface area contributed by atoms with Gasteiger partial charge in [0, 0.05) is 44.4 Å². The fourth-order valence-electron chi connectivity index (χ4n) is 8.49. The number of hydrogen-bond acceptors (Lipinski definition) is 14. The molecule has 3 aliphatic heterocycles. The first kappa shape index (κ1) is 40.4. The summed E-state index contributed by atoms with van der Waals surface area (Å²) in [5, 5.41) is 45.7. The van der Waals surface area contributed by atoms with Crippen LogP contribution in [0.5, 0.6) is 0 Å². The second-order valence-electron chi connectivity index (χ2n) is 16.5. The minimum Gasteiger partial charge on any atom is -0.459 e. The molecule has 3 saturated heterocycles. The van der Waals surface area contributed by atoms with E-state index in [1.807, 2.05) is 25.9 Å². The SMILES string of the molecule is [2H][13C]([2H])([2H])O[C@]1(C)C[C@@H](C)C(=O)[C@H](C)[C@@H](O)[C@](C)(O)[C@@H](CC)OC(=O)[C@H](C)[C@@H](OC2CC(C)(OC)C(O)C(C)O2)[C@H](C)[C@H]1OC1OC(C)CC(N(C)C)C1O. The number of cyclic esters (lactones) is 1. The maximum Gasteiger partial charge on any atom is 0.311 e. The minimum atomic E-state index is -3.03. The van der Waals surface area contributed by atoms with Crippen LogP contribution >= 0.6 is 0 Å². The van der Waals surface area contributed by atoms with Gasteiger partial charge in [-0.05, 0) is 74.9 Å². The predicted molar refractivity (Wildman–Crippen MR) is 191 cm³/mol. The molecule has 0 aromatic heterocycles. The van der Waals surface area contributed by atoms with Crippen molar-refractivity contribution in [1.29, 1.82) is 0 Å². The highest BCUT2D eigenvalue weighted by Gasteiger charge is 2.54. The van der Waals surface area contributed by atoms with Crippen LogP contribution in [0.1, 0.15) is 99.0 Å². The Morgan fingerprint density at radius 3 is 2.10 bits per heavy atom. The van der Waals surface area contributed by atoms with Gasteiger partial charge in [0.05, 0.1) is 51.8 Å². The molecule has 0 amide bonds. The number of ether oxygens (including phenoxy) is 7. The van der Waals surface area contributed by atoms with Gasteiger partial charge < -0.3 is 58.5 Å². The van der Waals surface area contributed by atoms with Crippen molar-refractivity contribution in [3.05, 3.63) is 0 Å². The Hall–Kier alpha value is -1.30. The molecule has 0 spiro atoms. The van der Waals surface area contributed by atoms with Crippen LogP contribution in [0, 0.1) is 23.7 Å². The van der Waals surface area contributed by atoms with E-state index in [0.29, 0.717) is 6.42 Å². The zero-order chi connectivity index (χ0) is 42.2. The molecule has 4 N–H and O–H groups in total. The quantitative estimate of drug-likeness (QED) is 0.210. The molecule has 3 heterocycles. The number of nitrogens with zero attached hydrogens (tertiary/aromatic N) is 1. The van der Waals surface area contributed by atoms with Crippen molar-refractivity contribution in [2.24, 2.45) is 23.7 Å². The normalized spacial score (nSPS) is 50.1. The Morgan fingerprint density at radius 2 is 1.54 bits per heavy atom. The number of ketones is 1. The monoisotopic (exact) mass is 751 g/mol. The molecular formula is C38H69NO13. The average Bonchev–Trinajstić information content (AvgIpc) is 3.08. The second-order valence-corrected chi connectivity index (χ2v) is 16.5. The third-order valence-electron chi connectivity index (χ3n) is 12.0. The average molecular weight is 752 g/mol. The zero-order valence-corrected chi connectivity index (χ0v) is 33.4.